The number of pyridine rings is 1. The molecule has 46 heavy (non-hydrogen) atoms. The van der Waals surface area contributed by atoms with Crippen LogP contribution >= 0.6 is 22.9 Å². The number of aryl methyl sites for hydroxylation is 1. The van der Waals surface area contributed by atoms with Crippen LogP contribution in [0, 0.1) is 18.7 Å². The molecule has 0 radical (unpaired) electrons. The number of ether oxygens (including phenoxy) is 2. The molecule has 4 aromatic rings. The van der Waals surface area contributed by atoms with Gasteiger partial charge in [-0.2, -0.15) is 0 Å². The van der Waals surface area contributed by atoms with E-state index in [1.165, 1.54) is 17.4 Å². The summed E-state index contributed by atoms with van der Waals surface area (Å²) in [6, 6.07) is 14.7. The van der Waals surface area contributed by atoms with Crippen LogP contribution in [0.3, 0.4) is 0 Å². The molecule has 0 bridgehead atoms. The van der Waals surface area contributed by atoms with E-state index in [2.05, 4.69) is 4.98 Å². The molecule has 5 rings (SSSR count). The Bertz CT molecular complexity index is 1710. The molecule has 2 aromatic carbocycles. The number of nitrogens with zero attached hydrogens (tertiary/aromatic N) is 3. The number of carbonyl (C=O) groups excluding carboxylic acids is 2. The molecule has 0 spiro atoms. The first-order chi connectivity index (χ1) is 21.8. The van der Waals surface area contributed by atoms with Crippen LogP contribution in [-0.4, -0.2) is 59.1 Å². The summed E-state index contributed by atoms with van der Waals surface area (Å²) in [5.41, 5.74) is 3.13. The predicted molar refractivity (Wildman–Crippen MR) is 182 cm³/mol. The van der Waals surface area contributed by atoms with E-state index in [0.717, 1.165) is 48.1 Å². The molecule has 1 fully saturated rings. The molecule has 1 aliphatic carbocycles. The molecule has 0 aliphatic heterocycles. The van der Waals surface area contributed by atoms with Crippen molar-refractivity contribution in [3.8, 4) is 16.9 Å². The number of hydrogen-bond donors (Lipinski definition) is 0. The first kappa shape index (κ1) is 33.7. The Labute approximate surface area is 279 Å². The number of aromatic nitrogens is 1. The summed E-state index contributed by atoms with van der Waals surface area (Å²) in [5, 5.41) is 0.414. The Hall–Kier alpha value is -3.69. The van der Waals surface area contributed by atoms with Crippen LogP contribution < -0.4 is 4.74 Å². The number of carbonyl (C=O) groups is 2. The zero-order chi connectivity index (χ0) is 33.2. The number of amides is 2. The van der Waals surface area contributed by atoms with Crippen molar-refractivity contribution in [2.45, 2.75) is 71.6 Å². The van der Waals surface area contributed by atoms with Gasteiger partial charge in [0.15, 0.2) is 0 Å². The number of halogens is 2. The second kappa shape index (κ2) is 14.0. The van der Waals surface area contributed by atoms with Crippen LogP contribution in [0.25, 0.3) is 21.2 Å². The van der Waals surface area contributed by atoms with Gasteiger partial charge >= 0.3 is 6.09 Å². The Morgan fingerprint density at radius 1 is 1.07 bits per heavy atom. The number of thiophene rings is 1. The van der Waals surface area contributed by atoms with Gasteiger partial charge in [-0.25, -0.2) is 9.18 Å². The predicted octanol–water partition coefficient (Wildman–Crippen LogP) is 9.14. The van der Waals surface area contributed by atoms with Crippen LogP contribution in [0.5, 0.6) is 5.75 Å². The van der Waals surface area contributed by atoms with Crippen LogP contribution in [0.2, 0.25) is 5.02 Å². The fraction of sp³-hybridized carbons (Fsp3) is 0.417. The van der Waals surface area contributed by atoms with E-state index in [1.807, 2.05) is 69.1 Å². The quantitative estimate of drug-likeness (QED) is 0.188. The molecule has 0 atom stereocenters. The maximum atomic E-state index is 14.8. The Kier molecular flexibility index (Phi) is 10.2. The fourth-order valence-electron chi connectivity index (χ4n) is 6.01. The minimum Gasteiger partial charge on any atom is -0.496 e. The number of hydrogen-bond acceptors (Lipinski definition) is 6. The van der Waals surface area contributed by atoms with Gasteiger partial charge in [0.1, 0.15) is 22.0 Å². The number of fused-ring (bicyclic) bond motifs is 1. The second-order valence-corrected chi connectivity index (χ2v) is 14.5. The van der Waals surface area contributed by atoms with Gasteiger partial charge in [0, 0.05) is 59.3 Å². The highest BCUT2D eigenvalue weighted by Gasteiger charge is 2.32. The molecule has 244 valence electrons. The molecule has 1 aliphatic rings. The number of methoxy groups -OCH3 is 1. The third-order valence-corrected chi connectivity index (χ3v) is 10.1. The molecule has 2 aromatic heterocycles. The first-order valence-corrected chi connectivity index (χ1v) is 16.8. The van der Waals surface area contributed by atoms with Gasteiger partial charge in [-0.3, -0.25) is 9.78 Å². The molecule has 2 heterocycles. The van der Waals surface area contributed by atoms with Gasteiger partial charge in [-0.1, -0.05) is 29.8 Å². The van der Waals surface area contributed by atoms with E-state index in [4.69, 9.17) is 21.1 Å². The van der Waals surface area contributed by atoms with Crippen molar-refractivity contribution in [1.29, 1.82) is 0 Å². The molecule has 0 saturated heterocycles. The van der Waals surface area contributed by atoms with Gasteiger partial charge in [-0.15, -0.1) is 11.3 Å². The highest BCUT2D eigenvalue weighted by atomic mass is 35.5. The van der Waals surface area contributed by atoms with Crippen molar-refractivity contribution in [2.24, 2.45) is 5.92 Å². The summed E-state index contributed by atoms with van der Waals surface area (Å²) in [5.74, 6) is 0.173. The van der Waals surface area contributed by atoms with Gasteiger partial charge in [0.25, 0.3) is 5.91 Å². The van der Waals surface area contributed by atoms with Gasteiger partial charge in [0.2, 0.25) is 0 Å². The number of rotatable bonds is 8. The van der Waals surface area contributed by atoms with Crippen molar-refractivity contribution in [3.05, 3.63) is 81.7 Å². The van der Waals surface area contributed by atoms with E-state index in [0.29, 0.717) is 21.9 Å². The lowest BCUT2D eigenvalue weighted by molar-refractivity contribution is 0.0165. The van der Waals surface area contributed by atoms with Crippen molar-refractivity contribution >= 4 is 45.0 Å². The van der Waals surface area contributed by atoms with Crippen molar-refractivity contribution in [1.82, 2.24) is 14.8 Å². The third-order valence-electron chi connectivity index (χ3n) is 8.50. The molecule has 7 nitrogen and oxygen atoms in total. The van der Waals surface area contributed by atoms with Gasteiger partial charge in [-0.05, 0) is 95.2 Å². The Morgan fingerprint density at radius 3 is 2.41 bits per heavy atom. The lowest BCUT2D eigenvalue weighted by atomic mass is 9.85. The van der Waals surface area contributed by atoms with E-state index >= 15 is 0 Å². The molecule has 10 heteroatoms. The average molecular weight is 666 g/mol. The summed E-state index contributed by atoms with van der Waals surface area (Å²) >= 11 is 7.90. The minimum absolute atomic E-state index is 0.0650. The molecule has 2 amide bonds. The summed E-state index contributed by atoms with van der Waals surface area (Å²) < 4.78 is 26.7. The third kappa shape index (κ3) is 7.64. The topological polar surface area (TPSA) is 72.0 Å². The fourth-order valence-corrected chi connectivity index (χ4v) is 7.53. The van der Waals surface area contributed by atoms with Crippen LogP contribution in [0.15, 0.2) is 54.7 Å². The maximum Gasteiger partial charge on any atom is 0.410 e. The van der Waals surface area contributed by atoms with Crippen LogP contribution in [0.1, 0.15) is 67.4 Å². The largest absolute Gasteiger partial charge is 0.496 e. The normalized spacial score (nSPS) is 16.7. The molecule has 0 unspecified atom stereocenters. The molecular weight excluding hydrogens is 625 g/mol. The molecular formula is C36H41ClFN3O4S. The monoisotopic (exact) mass is 665 g/mol. The minimum atomic E-state index is -0.561. The SMILES string of the molecule is COc1ccc(-c2ccc(C)nc2)cc1CN(CC1CCC(N(C)C(=O)OC(C)(C)C)CC1)C(=O)c1sc2cccc(F)c2c1Cl. The summed E-state index contributed by atoms with van der Waals surface area (Å²) in [7, 11) is 3.41. The average Bonchev–Trinajstić information content (AvgIpc) is 3.37. The van der Waals surface area contributed by atoms with Crippen LogP contribution in [-0.2, 0) is 11.3 Å². The zero-order valence-corrected chi connectivity index (χ0v) is 28.8. The van der Waals surface area contributed by atoms with Gasteiger partial charge < -0.3 is 19.3 Å². The van der Waals surface area contributed by atoms with Gasteiger partial charge in [0.05, 0.1) is 12.1 Å². The summed E-state index contributed by atoms with van der Waals surface area (Å²) in [6.45, 7) is 8.29. The summed E-state index contributed by atoms with van der Waals surface area (Å²) in [4.78, 5) is 35.3. The smallest absolute Gasteiger partial charge is 0.410 e. The standard InChI is InChI=1S/C36H41ClFN3O4S/c1-22-10-13-25(19-39-22)24-14-17-29(44-6)26(18-24)21-41(34(42)33-32(37)31-28(38)8-7-9-30(31)46-33)20-23-11-15-27(16-12-23)40(5)35(43)45-36(2,3)4/h7-10,13-14,17-19,23,27H,11-12,15-16,20-21H2,1-6H3. The zero-order valence-electron chi connectivity index (χ0n) is 27.2. The van der Waals surface area contributed by atoms with Crippen molar-refractivity contribution in [3.63, 3.8) is 0 Å². The second-order valence-electron chi connectivity index (χ2n) is 13.0. The summed E-state index contributed by atoms with van der Waals surface area (Å²) in [6.07, 6.45) is 4.79. The van der Waals surface area contributed by atoms with E-state index in [-0.39, 0.29) is 40.9 Å². The van der Waals surface area contributed by atoms with Crippen molar-refractivity contribution < 1.29 is 23.5 Å². The van der Waals surface area contributed by atoms with E-state index < -0.39 is 11.4 Å². The molecule has 0 N–H and O–H groups in total. The van der Waals surface area contributed by atoms with Crippen molar-refractivity contribution in [2.75, 3.05) is 20.7 Å². The molecule has 1 saturated carbocycles. The Balaban J connectivity index is 1.42. The highest BCUT2D eigenvalue weighted by molar-refractivity contribution is 7.21. The lowest BCUT2D eigenvalue weighted by Gasteiger charge is -2.37. The maximum absolute atomic E-state index is 14.8. The number of benzene rings is 2. The highest BCUT2D eigenvalue weighted by Crippen LogP contribution is 2.39. The first-order valence-electron chi connectivity index (χ1n) is 15.6. The Morgan fingerprint density at radius 2 is 1.78 bits per heavy atom. The van der Waals surface area contributed by atoms with Crippen LogP contribution in [0.4, 0.5) is 9.18 Å². The van der Waals surface area contributed by atoms with E-state index in [1.54, 1.807) is 31.2 Å². The lowest BCUT2D eigenvalue weighted by Crippen LogP contribution is -2.43. The van der Waals surface area contributed by atoms with E-state index in [9.17, 15) is 14.0 Å².